The molecule has 1 fully saturated rings. The van der Waals surface area contributed by atoms with Crippen molar-refractivity contribution < 1.29 is 9.59 Å². The third kappa shape index (κ3) is 4.42. The van der Waals surface area contributed by atoms with Crippen molar-refractivity contribution in [3.05, 3.63) is 106 Å². The van der Waals surface area contributed by atoms with Gasteiger partial charge in [-0.2, -0.15) is 5.10 Å². The number of carbonyl (C=O) groups is 2. The molecule has 1 saturated heterocycles. The lowest BCUT2D eigenvalue weighted by Crippen LogP contribution is -2.48. The summed E-state index contributed by atoms with van der Waals surface area (Å²) in [6, 6.07) is 23.2. The predicted molar refractivity (Wildman–Crippen MR) is 149 cm³/mol. The number of aryl methyl sites for hydroxylation is 1. The number of fused-ring (bicyclic) bond motifs is 2. The second-order valence-corrected chi connectivity index (χ2v) is 9.92. The van der Waals surface area contributed by atoms with Gasteiger partial charge in [0, 0.05) is 56.4 Å². The second-order valence-electron chi connectivity index (χ2n) is 9.51. The van der Waals surface area contributed by atoms with Gasteiger partial charge in [0.2, 0.25) is 0 Å². The first kappa shape index (κ1) is 24.2. The highest BCUT2D eigenvalue weighted by Gasteiger charge is 2.33. The van der Waals surface area contributed by atoms with E-state index in [1.54, 1.807) is 25.4 Å². The largest absolute Gasteiger partial charge is 0.368 e. The Kier molecular flexibility index (Phi) is 6.35. The molecule has 3 aromatic carbocycles. The molecule has 0 bridgehead atoms. The molecule has 2 aliphatic rings. The van der Waals surface area contributed by atoms with Gasteiger partial charge in [-0.1, -0.05) is 48.0 Å². The van der Waals surface area contributed by atoms with Gasteiger partial charge in [-0.15, -0.1) is 0 Å². The molecule has 0 saturated carbocycles. The lowest BCUT2D eigenvalue weighted by molar-refractivity contribution is 0.101. The van der Waals surface area contributed by atoms with E-state index in [0.29, 0.717) is 22.0 Å². The topological polar surface area (TPSA) is 82.5 Å². The second kappa shape index (κ2) is 9.96. The Labute approximate surface area is 225 Å². The van der Waals surface area contributed by atoms with E-state index in [-0.39, 0.29) is 17.9 Å². The maximum absolute atomic E-state index is 13.0. The monoisotopic (exact) mass is 526 g/mol. The standard InChI is InChI=1S/C29H27ClN6O2/c1-34-26(12-13-31-34)29(38)32-19-10-11-25(23(30)18-19)35-14-16-36(17-15-35)27-20-6-2-3-7-21(20)28(37)33-24-9-5-4-8-22(24)27/h2-13,18,27H,14-17H2,1H3,(H,32,38)(H,33,37). The molecule has 8 nitrogen and oxygen atoms in total. The smallest absolute Gasteiger partial charge is 0.273 e. The molecule has 0 spiro atoms. The Morgan fingerprint density at radius 2 is 1.71 bits per heavy atom. The first-order valence-corrected chi connectivity index (χ1v) is 12.9. The van der Waals surface area contributed by atoms with Crippen LogP contribution < -0.4 is 15.5 Å². The van der Waals surface area contributed by atoms with E-state index in [9.17, 15) is 9.59 Å². The van der Waals surface area contributed by atoms with Crippen LogP contribution >= 0.6 is 11.6 Å². The zero-order valence-electron chi connectivity index (χ0n) is 20.9. The molecule has 2 amide bonds. The number of aromatic nitrogens is 2. The molecule has 4 aromatic rings. The molecule has 192 valence electrons. The van der Waals surface area contributed by atoms with E-state index in [2.05, 4.69) is 37.7 Å². The third-order valence-corrected chi connectivity index (χ3v) is 7.59. The number of nitrogens with zero attached hydrogens (tertiary/aromatic N) is 4. The minimum atomic E-state index is -0.237. The van der Waals surface area contributed by atoms with E-state index in [0.717, 1.165) is 48.7 Å². The number of carbonyl (C=O) groups excluding carboxylic acids is 2. The Bertz CT molecular complexity index is 1530. The van der Waals surface area contributed by atoms with Gasteiger partial charge in [0.15, 0.2) is 0 Å². The number of anilines is 3. The van der Waals surface area contributed by atoms with Crippen LogP contribution in [0.3, 0.4) is 0 Å². The maximum Gasteiger partial charge on any atom is 0.273 e. The van der Waals surface area contributed by atoms with Crippen LogP contribution in [0.2, 0.25) is 5.02 Å². The Hall–Kier alpha value is -4.14. The first-order chi connectivity index (χ1) is 18.5. The average Bonchev–Trinajstić information content (AvgIpc) is 3.31. The zero-order valence-corrected chi connectivity index (χ0v) is 21.7. The summed E-state index contributed by atoms with van der Waals surface area (Å²) >= 11 is 6.69. The summed E-state index contributed by atoms with van der Waals surface area (Å²) in [6.07, 6.45) is 1.59. The summed E-state index contributed by atoms with van der Waals surface area (Å²) in [5.74, 6) is -0.309. The van der Waals surface area contributed by atoms with Crippen LogP contribution in [0, 0.1) is 0 Å². The van der Waals surface area contributed by atoms with Crippen molar-refractivity contribution >= 4 is 40.5 Å². The van der Waals surface area contributed by atoms with E-state index in [1.807, 2.05) is 48.5 Å². The van der Waals surface area contributed by atoms with Crippen molar-refractivity contribution in [1.82, 2.24) is 14.7 Å². The van der Waals surface area contributed by atoms with E-state index in [4.69, 9.17) is 11.6 Å². The van der Waals surface area contributed by atoms with Gasteiger partial charge in [-0.25, -0.2) is 0 Å². The number of hydrogen-bond acceptors (Lipinski definition) is 5. The molecule has 1 atom stereocenters. The van der Waals surface area contributed by atoms with Gasteiger partial charge in [0.1, 0.15) is 5.69 Å². The van der Waals surface area contributed by atoms with Crippen LogP contribution in [-0.2, 0) is 7.05 Å². The highest BCUT2D eigenvalue weighted by atomic mass is 35.5. The van der Waals surface area contributed by atoms with Crippen molar-refractivity contribution in [2.75, 3.05) is 41.7 Å². The molecular formula is C29H27ClN6O2. The Balaban J connectivity index is 1.20. The number of amides is 2. The minimum absolute atomic E-state index is 0.0245. The normalized spacial score (nSPS) is 17.3. The first-order valence-electron chi connectivity index (χ1n) is 12.6. The molecule has 0 radical (unpaired) electrons. The number of benzene rings is 3. The molecule has 1 aromatic heterocycles. The molecular weight excluding hydrogens is 500 g/mol. The fourth-order valence-electron chi connectivity index (χ4n) is 5.40. The van der Waals surface area contributed by atoms with E-state index >= 15 is 0 Å². The summed E-state index contributed by atoms with van der Waals surface area (Å²) in [6.45, 7) is 3.17. The van der Waals surface area contributed by atoms with Crippen LogP contribution in [0.4, 0.5) is 17.1 Å². The highest BCUT2D eigenvalue weighted by Crippen LogP contribution is 2.39. The molecule has 38 heavy (non-hydrogen) atoms. The summed E-state index contributed by atoms with van der Waals surface area (Å²) < 4.78 is 1.53. The number of nitrogens with one attached hydrogen (secondary N) is 2. The van der Waals surface area contributed by atoms with Crippen LogP contribution in [0.25, 0.3) is 0 Å². The van der Waals surface area contributed by atoms with Crippen molar-refractivity contribution in [2.24, 2.45) is 7.05 Å². The molecule has 1 unspecified atom stereocenters. The highest BCUT2D eigenvalue weighted by molar-refractivity contribution is 6.33. The lowest BCUT2D eigenvalue weighted by Gasteiger charge is -2.41. The number of rotatable bonds is 4. The fourth-order valence-corrected chi connectivity index (χ4v) is 5.70. The molecule has 0 aliphatic carbocycles. The molecule has 2 aliphatic heterocycles. The zero-order chi connectivity index (χ0) is 26.2. The number of halogens is 1. The summed E-state index contributed by atoms with van der Waals surface area (Å²) in [4.78, 5) is 30.2. The van der Waals surface area contributed by atoms with Crippen LogP contribution in [0.5, 0.6) is 0 Å². The predicted octanol–water partition coefficient (Wildman–Crippen LogP) is 4.80. The molecule has 3 heterocycles. The number of hydrogen-bond donors (Lipinski definition) is 2. The Morgan fingerprint density at radius 1 is 0.974 bits per heavy atom. The third-order valence-electron chi connectivity index (χ3n) is 7.28. The molecule has 2 N–H and O–H groups in total. The van der Waals surface area contributed by atoms with Crippen molar-refractivity contribution in [3.63, 3.8) is 0 Å². The van der Waals surface area contributed by atoms with E-state index < -0.39 is 0 Å². The van der Waals surface area contributed by atoms with Crippen molar-refractivity contribution in [3.8, 4) is 0 Å². The van der Waals surface area contributed by atoms with Crippen molar-refractivity contribution in [1.29, 1.82) is 0 Å². The number of piperazine rings is 1. The van der Waals surface area contributed by atoms with Gasteiger partial charge in [-0.05, 0) is 47.5 Å². The molecule has 6 rings (SSSR count). The van der Waals surface area contributed by atoms with Gasteiger partial charge in [0.05, 0.1) is 16.8 Å². The van der Waals surface area contributed by atoms with Crippen LogP contribution in [0.15, 0.2) is 79.0 Å². The maximum atomic E-state index is 13.0. The lowest BCUT2D eigenvalue weighted by atomic mass is 9.93. The van der Waals surface area contributed by atoms with Gasteiger partial charge in [-0.3, -0.25) is 19.2 Å². The van der Waals surface area contributed by atoms with Gasteiger partial charge >= 0.3 is 0 Å². The summed E-state index contributed by atoms with van der Waals surface area (Å²) in [5.41, 5.74) is 5.73. The van der Waals surface area contributed by atoms with Crippen LogP contribution in [-0.4, -0.2) is 52.7 Å². The van der Waals surface area contributed by atoms with E-state index in [1.165, 1.54) is 4.68 Å². The quantitative estimate of drug-likeness (QED) is 0.399. The average molecular weight is 527 g/mol. The minimum Gasteiger partial charge on any atom is -0.368 e. The van der Waals surface area contributed by atoms with Gasteiger partial charge in [0.25, 0.3) is 11.8 Å². The Morgan fingerprint density at radius 3 is 2.45 bits per heavy atom. The molecule has 9 heteroatoms. The van der Waals surface area contributed by atoms with Gasteiger partial charge < -0.3 is 15.5 Å². The number of para-hydroxylation sites is 1. The van der Waals surface area contributed by atoms with Crippen LogP contribution in [0.1, 0.15) is 38.0 Å². The van der Waals surface area contributed by atoms with Crippen molar-refractivity contribution in [2.45, 2.75) is 6.04 Å². The summed E-state index contributed by atoms with van der Waals surface area (Å²) in [5, 5.41) is 10.6. The summed E-state index contributed by atoms with van der Waals surface area (Å²) in [7, 11) is 1.73. The fraction of sp³-hybridized carbons (Fsp3) is 0.207. The SMILES string of the molecule is Cn1nccc1C(=O)Nc1ccc(N2CCN(C3c4ccccc4NC(=O)c4ccccc43)CC2)c(Cl)c1.